The summed E-state index contributed by atoms with van der Waals surface area (Å²) in [5.74, 6) is 0.846. The van der Waals surface area contributed by atoms with E-state index in [9.17, 15) is 27.9 Å². The van der Waals surface area contributed by atoms with Gasteiger partial charge >= 0.3 is 6.18 Å². The molecule has 0 saturated heterocycles. The van der Waals surface area contributed by atoms with Gasteiger partial charge in [-0.05, 0) is 62.0 Å². The zero-order chi connectivity index (χ0) is 32.6. The summed E-state index contributed by atoms with van der Waals surface area (Å²) < 4.78 is 50.2. The number of benzene rings is 3. The van der Waals surface area contributed by atoms with Gasteiger partial charge in [-0.15, -0.1) is 0 Å². The molecule has 0 spiro atoms. The second-order valence-corrected chi connectivity index (χ2v) is 11.6. The number of aliphatic hydroxyl groups is 1. The Morgan fingerprint density at radius 1 is 1.11 bits per heavy atom. The number of para-hydroxylation sites is 1. The maximum atomic E-state index is 13.4. The lowest BCUT2D eigenvalue weighted by molar-refractivity contribution is -0.142. The first kappa shape index (κ1) is 33.8. The Kier molecular flexibility index (Phi) is 11.5. The van der Waals surface area contributed by atoms with Crippen LogP contribution in [-0.4, -0.2) is 71.8 Å². The molecule has 2 N–H and O–H groups in total. The normalized spacial score (nSPS) is 17.9. The molecule has 3 atom stereocenters. The molecule has 11 heteroatoms. The van der Waals surface area contributed by atoms with Gasteiger partial charge in [-0.3, -0.25) is 14.5 Å². The van der Waals surface area contributed by atoms with Gasteiger partial charge < -0.3 is 24.8 Å². The van der Waals surface area contributed by atoms with Crippen LogP contribution < -0.4 is 14.8 Å². The lowest BCUT2D eigenvalue weighted by Gasteiger charge is -2.34. The SMILES string of the molecule is C[C@H](CO)N1C[C@H](C)[C@@H](CN(C)Cc2ccc(Oc3ccccc3)cc2)Oc2ccc(NC(=O)CCC(F)(F)F)cc2CC1=O. The van der Waals surface area contributed by atoms with Crippen LogP contribution >= 0.6 is 0 Å². The Labute approximate surface area is 261 Å². The van der Waals surface area contributed by atoms with E-state index < -0.39 is 31.0 Å². The van der Waals surface area contributed by atoms with Gasteiger partial charge in [-0.2, -0.15) is 13.2 Å². The molecule has 0 radical (unpaired) electrons. The van der Waals surface area contributed by atoms with E-state index in [-0.39, 0.29) is 36.6 Å². The molecule has 0 saturated carbocycles. The molecule has 0 fully saturated rings. The van der Waals surface area contributed by atoms with E-state index in [1.165, 1.54) is 0 Å². The molecule has 3 aromatic carbocycles. The van der Waals surface area contributed by atoms with E-state index in [1.54, 1.807) is 30.0 Å². The molecule has 0 bridgehead atoms. The first-order valence-corrected chi connectivity index (χ1v) is 15.0. The number of hydrogen-bond donors (Lipinski definition) is 2. The minimum Gasteiger partial charge on any atom is -0.488 e. The van der Waals surface area contributed by atoms with Crippen molar-refractivity contribution in [3.05, 3.63) is 83.9 Å². The quantitative estimate of drug-likeness (QED) is 0.270. The van der Waals surface area contributed by atoms with Gasteiger partial charge in [0.1, 0.15) is 23.4 Å². The fraction of sp³-hybridized carbons (Fsp3) is 0.412. The molecule has 4 rings (SSSR count). The number of fused-ring (bicyclic) bond motifs is 1. The summed E-state index contributed by atoms with van der Waals surface area (Å²) >= 11 is 0. The molecule has 0 aliphatic carbocycles. The number of carbonyl (C=O) groups is 2. The largest absolute Gasteiger partial charge is 0.488 e. The Morgan fingerprint density at radius 2 is 1.80 bits per heavy atom. The van der Waals surface area contributed by atoms with Crippen molar-refractivity contribution in [1.82, 2.24) is 9.80 Å². The molecule has 8 nitrogen and oxygen atoms in total. The maximum Gasteiger partial charge on any atom is 0.389 e. The summed E-state index contributed by atoms with van der Waals surface area (Å²) in [6.07, 6.45) is -6.77. The number of halogens is 3. The summed E-state index contributed by atoms with van der Waals surface area (Å²) in [6, 6.07) is 21.7. The van der Waals surface area contributed by atoms with Gasteiger partial charge in [0, 0.05) is 43.2 Å². The van der Waals surface area contributed by atoms with Crippen molar-refractivity contribution in [2.75, 3.05) is 32.1 Å². The van der Waals surface area contributed by atoms with E-state index >= 15 is 0 Å². The Morgan fingerprint density at radius 3 is 2.47 bits per heavy atom. The molecule has 0 aromatic heterocycles. The highest BCUT2D eigenvalue weighted by Crippen LogP contribution is 2.30. The molecule has 1 aliphatic rings. The van der Waals surface area contributed by atoms with Crippen LogP contribution in [-0.2, 0) is 22.6 Å². The van der Waals surface area contributed by atoms with Crippen LogP contribution in [0.3, 0.4) is 0 Å². The van der Waals surface area contributed by atoms with Crippen LogP contribution in [0, 0.1) is 5.92 Å². The van der Waals surface area contributed by atoms with E-state index in [2.05, 4.69) is 10.2 Å². The van der Waals surface area contributed by atoms with Crippen molar-refractivity contribution in [3.8, 4) is 17.2 Å². The van der Waals surface area contributed by atoms with Gasteiger partial charge in [-0.25, -0.2) is 0 Å². The molecule has 2 amide bonds. The van der Waals surface area contributed by atoms with Gasteiger partial charge in [0.2, 0.25) is 11.8 Å². The number of likely N-dealkylation sites (N-methyl/N-ethyl adjacent to an activating group) is 1. The van der Waals surface area contributed by atoms with E-state index in [0.29, 0.717) is 30.9 Å². The highest BCUT2D eigenvalue weighted by Gasteiger charge is 2.31. The molecule has 45 heavy (non-hydrogen) atoms. The predicted octanol–water partition coefficient (Wildman–Crippen LogP) is 6.04. The fourth-order valence-electron chi connectivity index (χ4n) is 5.17. The summed E-state index contributed by atoms with van der Waals surface area (Å²) in [7, 11) is 1.98. The van der Waals surface area contributed by atoms with Crippen molar-refractivity contribution in [2.24, 2.45) is 5.92 Å². The van der Waals surface area contributed by atoms with Crippen molar-refractivity contribution in [2.45, 2.75) is 58.0 Å². The first-order chi connectivity index (χ1) is 21.4. The Bertz CT molecular complexity index is 1420. The second kappa shape index (κ2) is 15.3. The third kappa shape index (κ3) is 10.2. The Balaban J connectivity index is 1.49. The zero-order valence-electron chi connectivity index (χ0n) is 25.7. The van der Waals surface area contributed by atoms with Crippen LogP contribution in [0.4, 0.5) is 18.9 Å². The second-order valence-electron chi connectivity index (χ2n) is 11.6. The van der Waals surface area contributed by atoms with Crippen LogP contribution in [0.5, 0.6) is 17.2 Å². The average Bonchev–Trinajstić information content (AvgIpc) is 3.04. The van der Waals surface area contributed by atoms with Gasteiger partial charge in [-0.1, -0.05) is 37.3 Å². The summed E-state index contributed by atoms with van der Waals surface area (Å²) in [5.41, 5.74) is 1.85. The minimum absolute atomic E-state index is 0.0569. The first-order valence-electron chi connectivity index (χ1n) is 15.0. The van der Waals surface area contributed by atoms with E-state index in [1.807, 2.05) is 68.6 Å². The number of amides is 2. The van der Waals surface area contributed by atoms with E-state index in [4.69, 9.17) is 9.47 Å². The topological polar surface area (TPSA) is 91.3 Å². The van der Waals surface area contributed by atoms with Crippen LogP contribution in [0.2, 0.25) is 0 Å². The molecular formula is C34H40F3N3O5. The smallest absolute Gasteiger partial charge is 0.389 e. The third-order valence-electron chi connectivity index (χ3n) is 7.68. The van der Waals surface area contributed by atoms with Crippen molar-refractivity contribution >= 4 is 17.5 Å². The maximum absolute atomic E-state index is 13.4. The number of nitrogens with one attached hydrogen (secondary N) is 1. The highest BCUT2D eigenvalue weighted by atomic mass is 19.4. The van der Waals surface area contributed by atoms with Crippen molar-refractivity contribution in [3.63, 3.8) is 0 Å². The molecule has 3 aromatic rings. The molecule has 0 unspecified atom stereocenters. The number of anilines is 1. The number of rotatable bonds is 11. The van der Waals surface area contributed by atoms with E-state index in [0.717, 1.165) is 17.1 Å². The van der Waals surface area contributed by atoms with Crippen LogP contribution in [0.1, 0.15) is 37.8 Å². The molecule has 1 heterocycles. The minimum atomic E-state index is -4.44. The summed E-state index contributed by atoms with van der Waals surface area (Å²) in [5, 5.41) is 12.4. The van der Waals surface area contributed by atoms with Gasteiger partial charge in [0.05, 0.1) is 25.5 Å². The van der Waals surface area contributed by atoms with Gasteiger partial charge in [0.15, 0.2) is 0 Å². The summed E-state index contributed by atoms with van der Waals surface area (Å²) in [4.78, 5) is 29.3. The monoisotopic (exact) mass is 627 g/mol. The number of ether oxygens (including phenoxy) is 2. The number of alkyl halides is 3. The highest BCUT2D eigenvalue weighted by molar-refractivity contribution is 5.91. The van der Waals surface area contributed by atoms with Crippen LogP contribution in [0.25, 0.3) is 0 Å². The zero-order valence-corrected chi connectivity index (χ0v) is 25.7. The lowest BCUT2D eigenvalue weighted by Crippen LogP contribution is -2.47. The Hall–Kier alpha value is -4.09. The van der Waals surface area contributed by atoms with Crippen molar-refractivity contribution < 1.29 is 37.3 Å². The standard InChI is InChI=1S/C34H40F3N3O5/c1-23-19-40(24(2)22-41)33(43)18-26-17-27(38-32(42)15-16-34(35,36)37)11-14-30(26)45-31(23)21-39(3)20-25-9-12-29(13-10-25)44-28-7-5-4-6-8-28/h4-14,17,23-24,31,41H,15-16,18-22H2,1-3H3,(H,38,42)/t23-,24+,31+/m0/s1. The number of carbonyl (C=O) groups excluding carboxylic acids is 2. The average molecular weight is 628 g/mol. The third-order valence-corrected chi connectivity index (χ3v) is 7.68. The lowest BCUT2D eigenvalue weighted by atomic mass is 10.0. The summed E-state index contributed by atoms with van der Waals surface area (Å²) in [6.45, 7) is 5.07. The fourth-order valence-corrected chi connectivity index (χ4v) is 5.17. The number of nitrogens with zero attached hydrogens (tertiary/aromatic N) is 2. The van der Waals surface area contributed by atoms with Gasteiger partial charge in [0.25, 0.3) is 0 Å². The van der Waals surface area contributed by atoms with Crippen LogP contribution in [0.15, 0.2) is 72.8 Å². The molecule has 1 aliphatic heterocycles. The molecular weight excluding hydrogens is 587 g/mol. The number of hydrogen-bond acceptors (Lipinski definition) is 6. The predicted molar refractivity (Wildman–Crippen MR) is 165 cm³/mol. The molecule has 242 valence electrons. The van der Waals surface area contributed by atoms with Crippen molar-refractivity contribution in [1.29, 1.82) is 0 Å². The number of aliphatic hydroxyl groups excluding tert-OH is 1.